The van der Waals surface area contributed by atoms with Gasteiger partial charge in [0.1, 0.15) is 11.6 Å². The van der Waals surface area contributed by atoms with Crippen LogP contribution in [0.2, 0.25) is 5.02 Å². The van der Waals surface area contributed by atoms with E-state index in [9.17, 15) is 17.6 Å². The first-order chi connectivity index (χ1) is 11.8. The van der Waals surface area contributed by atoms with Crippen molar-refractivity contribution in [3.05, 3.63) is 58.1 Å². The maximum absolute atomic E-state index is 12.9. The molecule has 0 N–H and O–H groups in total. The van der Waals surface area contributed by atoms with E-state index in [1.807, 2.05) is 0 Å². The zero-order valence-electron chi connectivity index (χ0n) is 12.9. The van der Waals surface area contributed by atoms with Crippen molar-refractivity contribution in [1.82, 2.24) is 4.57 Å². The number of sulfone groups is 1. The second-order valence-corrected chi connectivity index (χ2v) is 8.71. The Hall–Kier alpha value is -2.03. The molecule has 0 spiro atoms. The Kier molecular flexibility index (Phi) is 4.77. The van der Waals surface area contributed by atoms with Gasteiger partial charge in [0, 0.05) is 12.1 Å². The number of hydrogen-bond donors (Lipinski definition) is 0. The predicted molar refractivity (Wildman–Crippen MR) is 94.8 cm³/mol. The number of carbonyl (C=O) groups excluding carboxylic acids is 1. The van der Waals surface area contributed by atoms with Gasteiger partial charge in [-0.25, -0.2) is 12.8 Å². The number of carbonyl (C=O) groups is 1. The highest BCUT2D eigenvalue weighted by Gasteiger charge is 2.19. The lowest BCUT2D eigenvalue weighted by molar-refractivity contribution is -0.115. The Morgan fingerprint density at radius 2 is 1.92 bits per heavy atom. The molecule has 25 heavy (non-hydrogen) atoms. The lowest BCUT2D eigenvalue weighted by Crippen LogP contribution is -2.19. The lowest BCUT2D eigenvalue weighted by atomic mass is 10.3. The number of amides is 1. The summed E-state index contributed by atoms with van der Waals surface area (Å²) >= 11 is 7.18. The molecule has 0 atom stereocenters. The minimum atomic E-state index is -3.88. The Morgan fingerprint density at radius 1 is 1.24 bits per heavy atom. The predicted octanol–water partition coefficient (Wildman–Crippen LogP) is 2.93. The Labute approximate surface area is 151 Å². The maximum atomic E-state index is 12.9. The number of halogens is 2. The van der Waals surface area contributed by atoms with Gasteiger partial charge in [-0.3, -0.25) is 4.79 Å². The molecule has 5 nitrogen and oxygen atoms in total. The minimum Gasteiger partial charge on any atom is -0.319 e. The van der Waals surface area contributed by atoms with Crippen molar-refractivity contribution in [2.45, 2.75) is 4.90 Å². The molecule has 0 fully saturated rings. The van der Waals surface area contributed by atoms with Crippen molar-refractivity contribution in [3.63, 3.8) is 0 Å². The van der Waals surface area contributed by atoms with Crippen molar-refractivity contribution in [3.8, 4) is 0 Å². The number of benzene rings is 2. The van der Waals surface area contributed by atoms with Crippen molar-refractivity contribution in [2.75, 3.05) is 5.75 Å². The monoisotopic (exact) mass is 398 g/mol. The zero-order chi connectivity index (χ0) is 18.2. The number of nitrogens with zero attached hydrogens (tertiary/aromatic N) is 2. The first-order valence-corrected chi connectivity index (χ1v) is 9.92. The number of aromatic nitrogens is 1. The van der Waals surface area contributed by atoms with Crippen LogP contribution < -0.4 is 4.80 Å². The molecular formula is C16H12ClFN2O3S2. The van der Waals surface area contributed by atoms with Gasteiger partial charge < -0.3 is 4.57 Å². The zero-order valence-corrected chi connectivity index (χ0v) is 15.3. The molecule has 0 aliphatic rings. The molecule has 1 amide bonds. The van der Waals surface area contributed by atoms with Crippen LogP contribution in [0, 0.1) is 5.82 Å². The molecule has 0 saturated heterocycles. The van der Waals surface area contributed by atoms with Gasteiger partial charge in [0.15, 0.2) is 14.6 Å². The second kappa shape index (κ2) is 6.70. The van der Waals surface area contributed by atoms with E-state index in [4.69, 9.17) is 11.6 Å². The Morgan fingerprint density at radius 3 is 2.60 bits per heavy atom. The van der Waals surface area contributed by atoms with Crippen LogP contribution in [0.3, 0.4) is 0 Å². The summed E-state index contributed by atoms with van der Waals surface area (Å²) in [5.74, 6) is -2.13. The van der Waals surface area contributed by atoms with E-state index in [-0.39, 0.29) is 4.90 Å². The summed E-state index contributed by atoms with van der Waals surface area (Å²) in [6.45, 7) is 0. The number of aryl methyl sites for hydroxylation is 1. The van der Waals surface area contributed by atoms with Gasteiger partial charge in [-0.1, -0.05) is 22.9 Å². The van der Waals surface area contributed by atoms with Gasteiger partial charge >= 0.3 is 0 Å². The maximum Gasteiger partial charge on any atom is 0.263 e. The van der Waals surface area contributed by atoms with Gasteiger partial charge in [0.05, 0.1) is 15.1 Å². The topological polar surface area (TPSA) is 68.5 Å². The van der Waals surface area contributed by atoms with Gasteiger partial charge in [0.2, 0.25) is 0 Å². The average Bonchev–Trinajstić information content (AvgIpc) is 2.82. The first-order valence-electron chi connectivity index (χ1n) is 7.07. The van der Waals surface area contributed by atoms with Crippen molar-refractivity contribution >= 4 is 48.9 Å². The number of fused-ring (bicyclic) bond motifs is 1. The molecule has 0 aliphatic heterocycles. The highest BCUT2D eigenvalue weighted by Crippen LogP contribution is 2.21. The van der Waals surface area contributed by atoms with Crippen LogP contribution in [0.5, 0.6) is 0 Å². The average molecular weight is 399 g/mol. The quantitative estimate of drug-likeness (QED) is 0.637. The number of thiazole rings is 1. The van der Waals surface area contributed by atoms with Crippen LogP contribution in [0.15, 0.2) is 52.4 Å². The van der Waals surface area contributed by atoms with Gasteiger partial charge in [0.25, 0.3) is 5.91 Å². The van der Waals surface area contributed by atoms with Crippen molar-refractivity contribution in [1.29, 1.82) is 0 Å². The summed E-state index contributed by atoms with van der Waals surface area (Å²) in [6.07, 6.45) is 0. The van der Waals surface area contributed by atoms with Gasteiger partial charge in [-0.05, 0) is 42.5 Å². The largest absolute Gasteiger partial charge is 0.319 e. The molecular weight excluding hydrogens is 387 g/mol. The molecule has 130 valence electrons. The molecule has 2 aromatic carbocycles. The molecule has 0 unspecified atom stereocenters. The summed E-state index contributed by atoms with van der Waals surface area (Å²) in [5, 5.41) is 0.561. The van der Waals surface area contributed by atoms with E-state index in [1.165, 1.54) is 11.3 Å². The van der Waals surface area contributed by atoms with Crippen molar-refractivity contribution in [2.24, 2.45) is 12.0 Å². The van der Waals surface area contributed by atoms with Crippen molar-refractivity contribution < 1.29 is 17.6 Å². The molecule has 3 aromatic rings. The van der Waals surface area contributed by atoms with E-state index in [2.05, 4.69) is 4.99 Å². The molecule has 3 rings (SSSR count). The fourth-order valence-corrected chi connectivity index (χ4v) is 4.66. The molecule has 0 saturated carbocycles. The fraction of sp³-hybridized carbons (Fsp3) is 0.125. The third-order valence-corrected chi connectivity index (χ3v) is 6.43. The third-order valence-electron chi connectivity index (χ3n) is 3.48. The minimum absolute atomic E-state index is 0.120. The van der Waals surface area contributed by atoms with Crippen LogP contribution in [0.25, 0.3) is 10.2 Å². The SMILES string of the molecule is Cn1c(=NC(=O)CS(=O)(=O)c2ccc(F)cc2)sc2cc(Cl)ccc21. The first kappa shape index (κ1) is 17.8. The fourth-order valence-electron chi connectivity index (χ4n) is 2.24. The third kappa shape index (κ3) is 3.81. The molecule has 0 bridgehead atoms. The summed E-state index contributed by atoms with van der Waals surface area (Å²) in [6, 6.07) is 9.58. The molecule has 1 heterocycles. The smallest absolute Gasteiger partial charge is 0.263 e. The molecule has 0 radical (unpaired) electrons. The van der Waals surface area contributed by atoms with Crippen LogP contribution in [-0.2, 0) is 21.7 Å². The standard InChI is InChI=1S/C16H12ClFN2O3S2/c1-20-13-7-2-10(17)8-14(13)24-16(20)19-15(21)9-25(22,23)12-5-3-11(18)4-6-12/h2-8H,9H2,1H3. The summed E-state index contributed by atoms with van der Waals surface area (Å²) in [4.78, 5) is 16.3. The molecule has 9 heteroatoms. The summed E-state index contributed by atoms with van der Waals surface area (Å²) in [5.41, 5.74) is 0.836. The van der Waals surface area contributed by atoms with E-state index >= 15 is 0 Å². The normalized spacial score (nSPS) is 12.7. The van der Waals surface area contributed by atoms with Gasteiger partial charge in [-0.15, -0.1) is 0 Å². The van der Waals surface area contributed by atoms with Gasteiger partial charge in [-0.2, -0.15) is 4.99 Å². The highest BCUT2D eigenvalue weighted by atomic mass is 35.5. The second-order valence-electron chi connectivity index (χ2n) is 5.27. The Balaban J connectivity index is 1.93. The lowest BCUT2D eigenvalue weighted by Gasteiger charge is -2.01. The summed E-state index contributed by atoms with van der Waals surface area (Å²) < 4.78 is 39.9. The van der Waals surface area contributed by atoms with E-state index in [0.717, 1.165) is 34.5 Å². The summed E-state index contributed by atoms with van der Waals surface area (Å²) in [7, 11) is -2.15. The number of rotatable bonds is 3. The van der Waals surface area contributed by atoms with E-state index in [1.54, 1.807) is 29.8 Å². The number of hydrogen-bond acceptors (Lipinski definition) is 4. The van der Waals surface area contributed by atoms with E-state index < -0.39 is 27.3 Å². The molecule has 1 aromatic heterocycles. The highest BCUT2D eigenvalue weighted by molar-refractivity contribution is 7.92. The molecule has 0 aliphatic carbocycles. The van der Waals surface area contributed by atoms with Crippen LogP contribution in [-0.4, -0.2) is 24.6 Å². The van der Waals surface area contributed by atoms with E-state index in [0.29, 0.717) is 9.82 Å². The Bertz CT molecular complexity index is 1130. The van der Waals surface area contributed by atoms with Crippen LogP contribution >= 0.6 is 22.9 Å². The van der Waals surface area contributed by atoms with Crippen LogP contribution in [0.4, 0.5) is 4.39 Å². The van der Waals surface area contributed by atoms with Crippen LogP contribution in [0.1, 0.15) is 0 Å².